The molecule has 0 saturated carbocycles. The van der Waals surface area contributed by atoms with Crippen LogP contribution in [0.5, 0.6) is 0 Å². The van der Waals surface area contributed by atoms with Crippen LogP contribution in [0.3, 0.4) is 0 Å². The van der Waals surface area contributed by atoms with Crippen LogP contribution in [-0.4, -0.2) is 34.7 Å². The number of benzene rings is 1. The summed E-state index contributed by atoms with van der Waals surface area (Å²) in [6.45, 7) is 7.05. The van der Waals surface area contributed by atoms with Gasteiger partial charge < -0.3 is 9.73 Å². The van der Waals surface area contributed by atoms with E-state index in [0.29, 0.717) is 17.4 Å². The molecular weight excluding hydrogens is 388 g/mol. The van der Waals surface area contributed by atoms with Crippen LogP contribution >= 0.6 is 23.5 Å². The van der Waals surface area contributed by atoms with Gasteiger partial charge in [-0.25, -0.2) is 4.98 Å². The minimum Gasteiger partial charge on any atom is -0.441 e. The number of carbonyl (C=O) groups is 1. The van der Waals surface area contributed by atoms with E-state index in [4.69, 9.17) is 4.42 Å². The number of aryl methyl sites for hydroxylation is 2. The van der Waals surface area contributed by atoms with Gasteiger partial charge in [-0.05, 0) is 55.4 Å². The number of hydrogen-bond acceptors (Lipinski definition) is 5. The summed E-state index contributed by atoms with van der Waals surface area (Å²) in [4.78, 5) is 16.6. The zero-order valence-corrected chi connectivity index (χ0v) is 18.9. The molecule has 1 amide bonds. The molecule has 1 heterocycles. The van der Waals surface area contributed by atoms with Gasteiger partial charge in [-0.15, -0.1) is 11.8 Å². The van der Waals surface area contributed by atoms with Crippen molar-refractivity contribution in [2.75, 3.05) is 23.8 Å². The zero-order chi connectivity index (χ0) is 20.2. The molecule has 0 radical (unpaired) electrons. The Morgan fingerprint density at radius 2 is 1.86 bits per heavy atom. The van der Waals surface area contributed by atoms with Gasteiger partial charge in [0.2, 0.25) is 11.8 Å². The molecule has 28 heavy (non-hydrogen) atoms. The van der Waals surface area contributed by atoms with Crippen molar-refractivity contribution < 1.29 is 9.21 Å². The molecule has 0 bridgehead atoms. The highest BCUT2D eigenvalue weighted by Crippen LogP contribution is 2.24. The Hall–Kier alpha value is -1.40. The van der Waals surface area contributed by atoms with E-state index in [2.05, 4.69) is 48.4 Å². The van der Waals surface area contributed by atoms with Crippen LogP contribution in [-0.2, 0) is 17.0 Å². The van der Waals surface area contributed by atoms with Gasteiger partial charge in [0.25, 0.3) is 0 Å². The molecule has 0 fully saturated rings. The van der Waals surface area contributed by atoms with E-state index in [1.807, 2.05) is 18.7 Å². The van der Waals surface area contributed by atoms with Crippen molar-refractivity contribution in [2.45, 2.75) is 52.2 Å². The van der Waals surface area contributed by atoms with E-state index < -0.39 is 0 Å². The smallest absolute Gasteiger partial charge is 0.230 e. The topological polar surface area (TPSA) is 55.1 Å². The lowest BCUT2D eigenvalue weighted by atomic mass is 10.1. The standard InChI is InChI=1S/C22H32N2O2S2/c1-4-6-13-27-14-7-12-23-21(25)16-28-15-20-17(3)26-22(24-20)19-10-8-18(5-2)9-11-19/h8-11H,4-7,12-16H2,1-3H3,(H,23,25). The lowest BCUT2D eigenvalue weighted by molar-refractivity contribution is -0.118. The summed E-state index contributed by atoms with van der Waals surface area (Å²) in [5, 5.41) is 3.00. The van der Waals surface area contributed by atoms with Crippen molar-refractivity contribution in [1.82, 2.24) is 10.3 Å². The Kier molecular flexibility index (Phi) is 10.6. The number of amides is 1. The van der Waals surface area contributed by atoms with E-state index in [1.165, 1.54) is 24.2 Å². The highest BCUT2D eigenvalue weighted by atomic mass is 32.2. The first kappa shape index (κ1) is 22.9. The molecule has 4 nitrogen and oxygen atoms in total. The predicted molar refractivity (Wildman–Crippen MR) is 122 cm³/mol. The highest BCUT2D eigenvalue weighted by molar-refractivity contribution is 7.99. The number of unbranched alkanes of at least 4 members (excludes halogenated alkanes) is 1. The van der Waals surface area contributed by atoms with Gasteiger partial charge in [-0.2, -0.15) is 11.8 Å². The molecule has 2 aromatic rings. The van der Waals surface area contributed by atoms with E-state index in [-0.39, 0.29) is 5.91 Å². The summed E-state index contributed by atoms with van der Waals surface area (Å²) >= 11 is 3.55. The molecular formula is C22H32N2O2S2. The molecule has 0 aliphatic rings. The highest BCUT2D eigenvalue weighted by Gasteiger charge is 2.12. The largest absolute Gasteiger partial charge is 0.441 e. The van der Waals surface area contributed by atoms with Crippen molar-refractivity contribution in [1.29, 1.82) is 0 Å². The zero-order valence-electron chi connectivity index (χ0n) is 17.3. The van der Waals surface area contributed by atoms with Crippen molar-refractivity contribution in [3.8, 4) is 11.5 Å². The number of aromatic nitrogens is 1. The Morgan fingerprint density at radius 3 is 2.57 bits per heavy atom. The van der Waals surface area contributed by atoms with E-state index in [0.717, 1.165) is 42.2 Å². The fourth-order valence-corrected chi connectivity index (χ4v) is 4.51. The van der Waals surface area contributed by atoms with E-state index >= 15 is 0 Å². The van der Waals surface area contributed by atoms with Gasteiger partial charge >= 0.3 is 0 Å². The Bertz CT molecular complexity index is 714. The molecule has 1 aromatic carbocycles. The monoisotopic (exact) mass is 420 g/mol. The van der Waals surface area contributed by atoms with Crippen LogP contribution in [0, 0.1) is 6.92 Å². The first-order valence-electron chi connectivity index (χ1n) is 10.1. The number of hydrogen-bond donors (Lipinski definition) is 1. The summed E-state index contributed by atoms with van der Waals surface area (Å²) in [5.74, 6) is 5.06. The third-order valence-corrected chi connectivity index (χ3v) is 6.50. The molecule has 1 N–H and O–H groups in total. The number of thioether (sulfide) groups is 2. The van der Waals surface area contributed by atoms with Gasteiger partial charge in [0.15, 0.2) is 0 Å². The number of nitrogens with zero attached hydrogens (tertiary/aromatic N) is 1. The maximum Gasteiger partial charge on any atom is 0.230 e. The summed E-state index contributed by atoms with van der Waals surface area (Å²) in [6.07, 6.45) is 4.58. The van der Waals surface area contributed by atoms with Crippen LogP contribution in [0.1, 0.15) is 50.1 Å². The number of carbonyl (C=O) groups excluding carboxylic acids is 1. The second-order valence-electron chi connectivity index (χ2n) is 6.73. The van der Waals surface area contributed by atoms with Crippen LogP contribution in [0.4, 0.5) is 0 Å². The molecule has 6 heteroatoms. The van der Waals surface area contributed by atoms with Crippen LogP contribution in [0.2, 0.25) is 0 Å². The molecule has 0 atom stereocenters. The summed E-state index contributed by atoms with van der Waals surface area (Å²) in [6, 6.07) is 8.32. The molecule has 154 valence electrons. The van der Waals surface area contributed by atoms with Crippen LogP contribution in [0.15, 0.2) is 28.7 Å². The SMILES string of the molecule is CCCCSCCCNC(=O)CSCc1nc(-c2ccc(CC)cc2)oc1C. The third kappa shape index (κ3) is 7.92. The fourth-order valence-electron chi connectivity index (χ4n) is 2.61. The molecule has 0 spiro atoms. The second kappa shape index (κ2) is 12.9. The lowest BCUT2D eigenvalue weighted by Gasteiger charge is -2.05. The molecule has 0 unspecified atom stereocenters. The first-order chi connectivity index (χ1) is 13.6. The van der Waals surface area contributed by atoms with Crippen molar-refractivity contribution in [3.63, 3.8) is 0 Å². The van der Waals surface area contributed by atoms with Gasteiger partial charge in [-0.3, -0.25) is 4.79 Å². The van der Waals surface area contributed by atoms with Crippen molar-refractivity contribution >= 4 is 29.4 Å². The molecule has 0 aliphatic heterocycles. The first-order valence-corrected chi connectivity index (χ1v) is 12.4. The number of rotatable bonds is 13. The quantitative estimate of drug-likeness (QED) is 0.435. The van der Waals surface area contributed by atoms with E-state index in [1.54, 1.807) is 11.8 Å². The van der Waals surface area contributed by atoms with Crippen molar-refractivity contribution in [2.24, 2.45) is 0 Å². The summed E-state index contributed by atoms with van der Waals surface area (Å²) in [5.41, 5.74) is 3.21. The lowest BCUT2D eigenvalue weighted by Crippen LogP contribution is -2.26. The van der Waals surface area contributed by atoms with Gasteiger partial charge in [0.1, 0.15) is 5.76 Å². The Balaban J connectivity index is 1.68. The predicted octanol–water partition coefficient (Wildman–Crippen LogP) is 5.49. The molecule has 2 rings (SSSR count). The molecule has 1 aromatic heterocycles. The Morgan fingerprint density at radius 1 is 1.11 bits per heavy atom. The van der Waals surface area contributed by atoms with Crippen LogP contribution in [0.25, 0.3) is 11.5 Å². The normalized spacial score (nSPS) is 11.0. The minimum absolute atomic E-state index is 0.0973. The van der Waals surface area contributed by atoms with Crippen LogP contribution < -0.4 is 5.32 Å². The van der Waals surface area contributed by atoms with E-state index in [9.17, 15) is 4.79 Å². The fraction of sp³-hybridized carbons (Fsp3) is 0.545. The summed E-state index contributed by atoms with van der Waals surface area (Å²) in [7, 11) is 0. The van der Waals surface area contributed by atoms with Gasteiger partial charge in [0.05, 0.1) is 11.4 Å². The third-order valence-electron chi connectivity index (χ3n) is 4.40. The minimum atomic E-state index is 0.0973. The number of nitrogens with one attached hydrogen (secondary N) is 1. The summed E-state index contributed by atoms with van der Waals surface area (Å²) < 4.78 is 5.82. The number of oxazole rings is 1. The maximum atomic E-state index is 12.0. The Labute approximate surface area is 177 Å². The van der Waals surface area contributed by atoms with Gasteiger partial charge in [-0.1, -0.05) is 32.4 Å². The molecule has 0 saturated heterocycles. The average Bonchev–Trinajstić information content (AvgIpc) is 3.08. The average molecular weight is 421 g/mol. The van der Waals surface area contributed by atoms with Gasteiger partial charge in [0, 0.05) is 17.9 Å². The maximum absolute atomic E-state index is 12.0. The van der Waals surface area contributed by atoms with Crippen molar-refractivity contribution in [3.05, 3.63) is 41.3 Å². The molecule has 0 aliphatic carbocycles. The second-order valence-corrected chi connectivity index (χ2v) is 8.94.